The van der Waals surface area contributed by atoms with Crippen LogP contribution in [0.4, 0.5) is 0 Å². The van der Waals surface area contributed by atoms with Crippen LogP contribution in [0.1, 0.15) is 0 Å². The van der Waals surface area contributed by atoms with Gasteiger partial charge in [0.25, 0.3) is 0 Å². The van der Waals surface area contributed by atoms with E-state index in [1.807, 2.05) is 48.9 Å². The first-order valence-electron chi connectivity index (χ1n) is 5.38. The number of hydrogen-bond acceptors (Lipinski definition) is 2. The molecule has 3 aromatic rings. The number of fused-ring (bicyclic) bond motifs is 3. The molecule has 1 aromatic heterocycles. The largest absolute Gasteiger partial charge is 0.361 e. The molecule has 0 aliphatic rings. The molecule has 2 aromatic carbocycles. The maximum absolute atomic E-state index is 12.3. The molecule has 2 nitrogen and oxygen atoms in total. The number of thioether (sulfide) groups is 1. The van der Waals surface area contributed by atoms with Gasteiger partial charge in [-0.25, -0.2) is 0 Å². The molecule has 0 radical (unpaired) electrons. The number of pyridine rings is 1. The van der Waals surface area contributed by atoms with Crippen LogP contribution in [-0.2, 0) is 0 Å². The fourth-order valence-electron chi connectivity index (χ4n) is 2.12. The van der Waals surface area contributed by atoms with Crippen LogP contribution in [0.5, 0.6) is 0 Å². The number of aromatic amines is 1. The SMILES string of the molecule is CSc1ccc2ccc3ccc[nH]c3c2c1=O. The Morgan fingerprint density at radius 1 is 1.06 bits per heavy atom. The summed E-state index contributed by atoms with van der Waals surface area (Å²) in [6, 6.07) is 11.9. The van der Waals surface area contributed by atoms with Crippen LogP contribution in [0.15, 0.2) is 52.3 Å². The molecule has 0 atom stereocenters. The van der Waals surface area contributed by atoms with E-state index in [1.165, 1.54) is 11.8 Å². The van der Waals surface area contributed by atoms with Crippen molar-refractivity contribution in [3.8, 4) is 0 Å². The highest BCUT2D eigenvalue weighted by atomic mass is 32.2. The van der Waals surface area contributed by atoms with Gasteiger partial charge in [-0.1, -0.05) is 24.3 Å². The van der Waals surface area contributed by atoms with Crippen molar-refractivity contribution in [1.82, 2.24) is 4.98 Å². The lowest BCUT2D eigenvalue weighted by molar-refractivity contribution is 1.39. The lowest BCUT2D eigenvalue weighted by atomic mass is 10.1. The van der Waals surface area contributed by atoms with Crippen LogP contribution in [0.3, 0.4) is 0 Å². The Kier molecular flexibility index (Phi) is 2.41. The van der Waals surface area contributed by atoms with Gasteiger partial charge < -0.3 is 4.98 Å². The molecule has 3 rings (SSSR count). The number of rotatable bonds is 1. The molecular formula is C14H11NOS. The van der Waals surface area contributed by atoms with Crippen molar-refractivity contribution in [2.45, 2.75) is 4.90 Å². The van der Waals surface area contributed by atoms with Gasteiger partial charge in [0.2, 0.25) is 5.43 Å². The monoisotopic (exact) mass is 241 g/mol. The highest BCUT2D eigenvalue weighted by molar-refractivity contribution is 7.98. The van der Waals surface area contributed by atoms with Crippen LogP contribution in [0.25, 0.3) is 21.7 Å². The van der Waals surface area contributed by atoms with E-state index in [-0.39, 0.29) is 5.43 Å². The fraction of sp³-hybridized carbons (Fsp3) is 0.0714. The maximum atomic E-state index is 12.3. The third-order valence-electron chi connectivity index (χ3n) is 2.95. The first-order chi connectivity index (χ1) is 8.31. The molecule has 0 unspecified atom stereocenters. The molecule has 1 heterocycles. The Hall–Kier alpha value is -1.74. The Morgan fingerprint density at radius 2 is 1.82 bits per heavy atom. The van der Waals surface area contributed by atoms with Crippen molar-refractivity contribution in [1.29, 1.82) is 0 Å². The lowest BCUT2D eigenvalue weighted by Crippen LogP contribution is -2.04. The normalized spacial score (nSPS) is 11.1. The summed E-state index contributed by atoms with van der Waals surface area (Å²) in [5, 5.41) is 2.84. The molecule has 0 saturated carbocycles. The van der Waals surface area contributed by atoms with Crippen LogP contribution in [0.2, 0.25) is 0 Å². The Morgan fingerprint density at radius 3 is 2.65 bits per heavy atom. The molecule has 0 aliphatic carbocycles. The molecular weight excluding hydrogens is 230 g/mol. The average molecular weight is 241 g/mol. The number of hydrogen-bond donors (Lipinski definition) is 1. The molecule has 0 saturated heterocycles. The standard InChI is InChI=1S/C14H11NOS/c1-17-11-7-6-9-4-5-10-3-2-8-15-13(10)12(9)14(11)16/h2-8,15H,1H3. The van der Waals surface area contributed by atoms with E-state index >= 15 is 0 Å². The minimum absolute atomic E-state index is 0.114. The summed E-state index contributed by atoms with van der Waals surface area (Å²) in [4.78, 5) is 16.3. The maximum Gasteiger partial charge on any atom is 0.202 e. The summed E-state index contributed by atoms with van der Waals surface area (Å²) < 4.78 is 0. The third kappa shape index (κ3) is 1.54. The number of aromatic nitrogens is 1. The van der Waals surface area contributed by atoms with Crippen molar-refractivity contribution in [2.75, 3.05) is 6.26 Å². The number of nitrogens with one attached hydrogen (secondary N) is 1. The van der Waals surface area contributed by atoms with Gasteiger partial charge in [0.05, 0.1) is 15.8 Å². The zero-order valence-corrected chi connectivity index (χ0v) is 10.2. The zero-order valence-electron chi connectivity index (χ0n) is 9.36. The van der Waals surface area contributed by atoms with E-state index in [1.54, 1.807) is 0 Å². The van der Waals surface area contributed by atoms with Gasteiger partial charge in [-0.15, -0.1) is 11.8 Å². The highest BCUT2D eigenvalue weighted by Crippen LogP contribution is 2.23. The molecule has 0 fully saturated rings. The first-order valence-corrected chi connectivity index (χ1v) is 6.61. The fourth-order valence-corrected chi connectivity index (χ4v) is 2.61. The predicted molar refractivity (Wildman–Crippen MR) is 73.9 cm³/mol. The second-order valence-corrected chi connectivity index (χ2v) is 4.74. The van der Waals surface area contributed by atoms with Crippen LogP contribution >= 0.6 is 11.8 Å². The summed E-state index contributed by atoms with van der Waals surface area (Å²) in [7, 11) is 0. The molecule has 0 amide bonds. The van der Waals surface area contributed by atoms with Gasteiger partial charge in [-0.05, 0) is 29.2 Å². The molecule has 0 spiro atoms. The Labute approximate surface area is 103 Å². The van der Waals surface area contributed by atoms with E-state index in [9.17, 15) is 4.79 Å². The Balaban J connectivity index is 2.60. The van der Waals surface area contributed by atoms with E-state index in [0.29, 0.717) is 0 Å². The van der Waals surface area contributed by atoms with Crippen molar-refractivity contribution < 1.29 is 0 Å². The summed E-state index contributed by atoms with van der Waals surface area (Å²) in [6.45, 7) is 0. The second kappa shape index (κ2) is 3.93. The van der Waals surface area contributed by atoms with Gasteiger partial charge >= 0.3 is 0 Å². The minimum Gasteiger partial charge on any atom is -0.361 e. The molecule has 17 heavy (non-hydrogen) atoms. The molecule has 0 bridgehead atoms. The number of benzene rings is 2. The van der Waals surface area contributed by atoms with E-state index in [0.717, 1.165) is 26.6 Å². The quantitative estimate of drug-likeness (QED) is 0.523. The van der Waals surface area contributed by atoms with Crippen molar-refractivity contribution in [3.05, 3.63) is 52.8 Å². The van der Waals surface area contributed by atoms with Gasteiger partial charge in [0.1, 0.15) is 0 Å². The van der Waals surface area contributed by atoms with Gasteiger partial charge in [0, 0.05) is 6.20 Å². The van der Waals surface area contributed by atoms with E-state index in [2.05, 4.69) is 4.98 Å². The minimum atomic E-state index is 0.114. The zero-order chi connectivity index (χ0) is 11.8. The predicted octanol–water partition coefficient (Wildman–Crippen LogP) is 3.40. The first kappa shape index (κ1) is 10.4. The summed E-state index contributed by atoms with van der Waals surface area (Å²) in [5.74, 6) is 0. The summed E-state index contributed by atoms with van der Waals surface area (Å²) >= 11 is 1.49. The van der Waals surface area contributed by atoms with Crippen molar-refractivity contribution in [2.24, 2.45) is 0 Å². The number of H-pyrrole nitrogens is 1. The molecule has 3 heteroatoms. The van der Waals surface area contributed by atoms with Crippen LogP contribution < -0.4 is 5.43 Å². The van der Waals surface area contributed by atoms with Crippen molar-refractivity contribution >= 4 is 33.4 Å². The van der Waals surface area contributed by atoms with Gasteiger partial charge in [-0.3, -0.25) is 4.79 Å². The van der Waals surface area contributed by atoms with Crippen LogP contribution in [0, 0.1) is 0 Å². The van der Waals surface area contributed by atoms with E-state index in [4.69, 9.17) is 0 Å². The third-order valence-corrected chi connectivity index (χ3v) is 3.72. The summed E-state index contributed by atoms with van der Waals surface area (Å²) in [6.07, 6.45) is 3.78. The smallest absolute Gasteiger partial charge is 0.202 e. The average Bonchev–Trinajstić information content (AvgIpc) is 2.38. The van der Waals surface area contributed by atoms with Gasteiger partial charge in [-0.2, -0.15) is 0 Å². The Bertz CT molecular complexity index is 761. The second-order valence-electron chi connectivity index (χ2n) is 3.89. The molecule has 84 valence electrons. The highest BCUT2D eigenvalue weighted by Gasteiger charge is 2.07. The molecule has 1 N–H and O–H groups in total. The lowest BCUT2D eigenvalue weighted by Gasteiger charge is -2.04. The topological polar surface area (TPSA) is 32.9 Å². The summed E-state index contributed by atoms with van der Waals surface area (Å²) in [5.41, 5.74) is 1.04. The molecule has 0 aliphatic heterocycles. The van der Waals surface area contributed by atoms with Crippen molar-refractivity contribution in [3.63, 3.8) is 0 Å². The van der Waals surface area contributed by atoms with Gasteiger partial charge in [0.15, 0.2) is 0 Å². The van der Waals surface area contributed by atoms with E-state index < -0.39 is 0 Å². The van der Waals surface area contributed by atoms with Crippen LogP contribution in [-0.4, -0.2) is 11.2 Å².